The van der Waals surface area contributed by atoms with E-state index in [1.807, 2.05) is 6.07 Å². The number of rotatable bonds is 3. The van der Waals surface area contributed by atoms with Crippen molar-refractivity contribution in [3.05, 3.63) is 70.6 Å². The number of benzene rings is 2. The highest BCUT2D eigenvalue weighted by atomic mass is 19.4. The number of amides is 1. The normalized spacial score (nSPS) is 13.6. The molecule has 0 bridgehead atoms. The molecule has 0 atom stereocenters. The summed E-state index contributed by atoms with van der Waals surface area (Å²) in [5.41, 5.74) is 2.65. The number of carbonyl (C=O) groups excluding carboxylic acids is 1. The number of likely N-dealkylation sites (N-methyl/N-ethyl adjacent to an activating group) is 1. The van der Waals surface area contributed by atoms with Gasteiger partial charge in [0.1, 0.15) is 11.5 Å². The Bertz CT molecular complexity index is 1220. The smallest absolute Gasteiger partial charge is 0.482 e. The second-order valence-corrected chi connectivity index (χ2v) is 7.01. The Balaban J connectivity index is 1.81. The molecule has 160 valence electrons. The second kappa shape index (κ2) is 7.50. The first-order valence-corrected chi connectivity index (χ1v) is 9.26. The van der Waals surface area contributed by atoms with Crippen molar-refractivity contribution < 1.29 is 27.4 Å². The van der Waals surface area contributed by atoms with Crippen LogP contribution in [0.15, 0.2) is 59.5 Å². The summed E-state index contributed by atoms with van der Waals surface area (Å²) >= 11 is 0. The molecule has 1 aliphatic rings. The topological polar surface area (TPSA) is 60.8 Å². The number of para-hydroxylation sites is 1. The molecule has 31 heavy (non-hydrogen) atoms. The zero-order valence-corrected chi connectivity index (χ0v) is 16.6. The molecule has 1 amide bonds. The molecule has 0 N–H and O–H groups in total. The van der Waals surface area contributed by atoms with Gasteiger partial charge in [0.05, 0.1) is 5.69 Å². The summed E-state index contributed by atoms with van der Waals surface area (Å²) in [6, 6.07) is 11.8. The van der Waals surface area contributed by atoms with Crippen LogP contribution in [0.2, 0.25) is 0 Å². The Labute approximate surface area is 175 Å². The third-order valence-corrected chi connectivity index (χ3v) is 4.96. The molecule has 0 fully saturated rings. The number of ether oxygens (including phenoxy) is 2. The molecule has 0 spiro atoms. The summed E-state index contributed by atoms with van der Waals surface area (Å²) in [6.45, 7) is 1.71. The van der Waals surface area contributed by atoms with Crippen LogP contribution in [-0.4, -0.2) is 30.5 Å². The second-order valence-electron chi connectivity index (χ2n) is 7.01. The van der Waals surface area contributed by atoms with E-state index >= 15 is 0 Å². The largest absolute Gasteiger partial charge is 0.573 e. The van der Waals surface area contributed by atoms with Crippen LogP contribution in [0.1, 0.15) is 5.56 Å². The van der Waals surface area contributed by atoms with Gasteiger partial charge in [-0.2, -0.15) is 0 Å². The van der Waals surface area contributed by atoms with Gasteiger partial charge in [0, 0.05) is 36.1 Å². The predicted molar refractivity (Wildman–Crippen MR) is 108 cm³/mol. The van der Waals surface area contributed by atoms with E-state index in [0.717, 1.165) is 12.1 Å². The molecule has 3 aromatic rings. The first kappa shape index (κ1) is 20.5. The number of carbonyl (C=O) groups is 1. The number of halogens is 3. The highest BCUT2D eigenvalue weighted by Gasteiger charge is 2.31. The molecule has 0 saturated carbocycles. The van der Waals surface area contributed by atoms with Crippen molar-refractivity contribution in [2.45, 2.75) is 13.3 Å². The van der Waals surface area contributed by atoms with Crippen LogP contribution in [-0.2, 0) is 4.79 Å². The van der Waals surface area contributed by atoms with E-state index in [9.17, 15) is 22.8 Å². The number of alkyl halides is 3. The molecule has 0 radical (unpaired) electrons. The standard InChI is InChI=1S/C22H17F3N2O4/c1-13-10-19(28)27(14-6-8-15(9-7-14)31-22(23,24)25)11-17(13)16-4-3-5-18-21(16)26(2)20(29)12-30-18/h3-11H,12H2,1-2H3. The van der Waals surface area contributed by atoms with Gasteiger partial charge in [-0.25, -0.2) is 0 Å². The lowest BCUT2D eigenvalue weighted by Gasteiger charge is -2.28. The van der Waals surface area contributed by atoms with E-state index in [2.05, 4.69) is 4.74 Å². The minimum atomic E-state index is -4.80. The van der Waals surface area contributed by atoms with Crippen LogP contribution in [0.3, 0.4) is 0 Å². The van der Waals surface area contributed by atoms with Crippen LogP contribution in [0.5, 0.6) is 11.5 Å². The number of fused-ring (bicyclic) bond motifs is 1. The molecule has 2 heterocycles. The molecule has 1 aromatic heterocycles. The van der Waals surface area contributed by atoms with Gasteiger partial charge < -0.3 is 14.4 Å². The molecule has 0 saturated heterocycles. The van der Waals surface area contributed by atoms with Crippen LogP contribution in [0, 0.1) is 6.92 Å². The first-order valence-electron chi connectivity index (χ1n) is 9.26. The molecular formula is C22H17F3N2O4. The number of aryl methyl sites for hydroxylation is 1. The fourth-order valence-electron chi connectivity index (χ4n) is 3.48. The monoisotopic (exact) mass is 430 g/mol. The molecule has 0 unspecified atom stereocenters. The third-order valence-electron chi connectivity index (χ3n) is 4.96. The van der Waals surface area contributed by atoms with Gasteiger partial charge in [0.25, 0.3) is 11.5 Å². The molecule has 2 aromatic carbocycles. The van der Waals surface area contributed by atoms with E-state index in [1.54, 1.807) is 32.3 Å². The summed E-state index contributed by atoms with van der Waals surface area (Å²) in [5, 5.41) is 0. The van der Waals surface area contributed by atoms with Crippen LogP contribution in [0.25, 0.3) is 16.8 Å². The van der Waals surface area contributed by atoms with Crippen LogP contribution >= 0.6 is 0 Å². The average Bonchev–Trinajstić information content (AvgIpc) is 2.70. The average molecular weight is 430 g/mol. The quantitative estimate of drug-likeness (QED) is 0.629. The minimum absolute atomic E-state index is 0.0578. The minimum Gasteiger partial charge on any atom is -0.482 e. The van der Waals surface area contributed by atoms with E-state index in [4.69, 9.17) is 4.74 Å². The maximum Gasteiger partial charge on any atom is 0.573 e. The van der Waals surface area contributed by atoms with Gasteiger partial charge >= 0.3 is 6.36 Å². The number of aromatic nitrogens is 1. The maximum absolute atomic E-state index is 12.6. The first-order chi connectivity index (χ1) is 14.6. The predicted octanol–water partition coefficient (Wildman–Crippen LogP) is 4.07. The third kappa shape index (κ3) is 3.98. The highest BCUT2D eigenvalue weighted by Crippen LogP contribution is 2.41. The van der Waals surface area contributed by atoms with Crippen molar-refractivity contribution in [3.8, 4) is 28.3 Å². The Morgan fingerprint density at radius 2 is 1.74 bits per heavy atom. The number of hydrogen-bond acceptors (Lipinski definition) is 4. The zero-order valence-electron chi connectivity index (χ0n) is 16.6. The highest BCUT2D eigenvalue weighted by molar-refractivity contribution is 6.02. The summed E-state index contributed by atoms with van der Waals surface area (Å²) in [6.07, 6.45) is -3.20. The molecule has 0 aliphatic carbocycles. The van der Waals surface area contributed by atoms with Crippen molar-refractivity contribution in [2.24, 2.45) is 0 Å². The van der Waals surface area contributed by atoms with Gasteiger partial charge in [0.2, 0.25) is 0 Å². The molecular weight excluding hydrogens is 413 g/mol. The van der Waals surface area contributed by atoms with Crippen molar-refractivity contribution in [2.75, 3.05) is 18.6 Å². The van der Waals surface area contributed by atoms with E-state index in [-0.39, 0.29) is 23.8 Å². The lowest BCUT2D eigenvalue weighted by Crippen LogP contribution is -2.35. The van der Waals surface area contributed by atoms with E-state index in [0.29, 0.717) is 33.8 Å². The fraction of sp³-hybridized carbons (Fsp3) is 0.182. The summed E-state index contributed by atoms with van der Waals surface area (Å²) in [5.74, 6) is -0.0392. The number of anilines is 1. The molecule has 6 nitrogen and oxygen atoms in total. The fourth-order valence-corrected chi connectivity index (χ4v) is 3.48. The Morgan fingerprint density at radius 3 is 2.42 bits per heavy atom. The molecule has 9 heteroatoms. The number of hydrogen-bond donors (Lipinski definition) is 0. The van der Waals surface area contributed by atoms with Gasteiger partial charge in [0.15, 0.2) is 6.61 Å². The summed E-state index contributed by atoms with van der Waals surface area (Å²) < 4.78 is 47.9. The van der Waals surface area contributed by atoms with Gasteiger partial charge in [-0.3, -0.25) is 14.2 Å². The molecule has 4 rings (SSSR count). The van der Waals surface area contributed by atoms with Crippen LogP contribution < -0.4 is 19.9 Å². The maximum atomic E-state index is 12.6. The lowest BCUT2D eigenvalue weighted by molar-refractivity contribution is -0.274. The molecule has 1 aliphatic heterocycles. The van der Waals surface area contributed by atoms with E-state index in [1.165, 1.54) is 27.7 Å². The Morgan fingerprint density at radius 1 is 1.03 bits per heavy atom. The summed E-state index contributed by atoms with van der Waals surface area (Å²) in [7, 11) is 1.65. The number of nitrogens with zero attached hydrogens (tertiary/aromatic N) is 2. The van der Waals surface area contributed by atoms with Crippen molar-refractivity contribution in [1.29, 1.82) is 0 Å². The van der Waals surface area contributed by atoms with Crippen molar-refractivity contribution in [1.82, 2.24) is 4.57 Å². The zero-order chi connectivity index (χ0) is 22.3. The van der Waals surface area contributed by atoms with Crippen molar-refractivity contribution in [3.63, 3.8) is 0 Å². The lowest BCUT2D eigenvalue weighted by atomic mass is 9.99. The number of pyridine rings is 1. The Kier molecular flexibility index (Phi) is 4.96. The van der Waals surface area contributed by atoms with Gasteiger partial charge in [-0.1, -0.05) is 12.1 Å². The van der Waals surface area contributed by atoms with Gasteiger partial charge in [-0.05, 0) is 42.8 Å². The van der Waals surface area contributed by atoms with E-state index < -0.39 is 6.36 Å². The van der Waals surface area contributed by atoms with Crippen LogP contribution in [0.4, 0.5) is 18.9 Å². The SMILES string of the molecule is Cc1cc(=O)n(-c2ccc(OC(F)(F)F)cc2)cc1-c1cccc2c1N(C)C(=O)CO2. The van der Waals surface area contributed by atoms with Crippen molar-refractivity contribution >= 4 is 11.6 Å². The summed E-state index contributed by atoms with van der Waals surface area (Å²) in [4.78, 5) is 26.3. The Hall–Kier alpha value is -3.75. The van der Waals surface area contributed by atoms with Gasteiger partial charge in [-0.15, -0.1) is 13.2 Å².